The largest absolute Gasteiger partial charge is 0.371 e. The molecule has 0 aliphatic heterocycles. The smallest absolute Gasteiger partial charge is 0.158 e. The van der Waals surface area contributed by atoms with E-state index in [4.69, 9.17) is 4.74 Å². The maximum absolute atomic E-state index is 5.69. The average molecular weight is 265 g/mol. The molecule has 2 heterocycles. The first-order valence-corrected chi connectivity index (χ1v) is 7.22. The SMILES string of the molecule is CCNc1nc(COC(C)CC)nc2sccc12. The van der Waals surface area contributed by atoms with E-state index in [0.717, 1.165) is 34.8 Å². The Labute approximate surface area is 111 Å². The number of hydrogen-bond acceptors (Lipinski definition) is 5. The molecular weight excluding hydrogens is 246 g/mol. The summed E-state index contributed by atoms with van der Waals surface area (Å²) in [4.78, 5) is 10.1. The van der Waals surface area contributed by atoms with Gasteiger partial charge in [-0.05, 0) is 31.7 Å². The van der Waals surface area contributed by atoms with E-state index in [0.29, 0.717) is 6.61 Å². The summed E-state index contributed by atoms with van der Waals surface area (Å²) in [6, 6.07) is 2.05. The van der Waals surface area contributed by atoms with E-state index < -0.39 is 0 Å². The number of thiophene rings is 1. The number of anilines is 1. The van der Waals surface area contributed by atoms with Gasteiger partial charge in [0.15, 0.2) is 5.82 Å². The van der Waals surface area contributed by atoms with Crippen LogP contribution in [-0.2, 0) is 11.3 Å². The van der Waals surface area contributed by atoms with Crippen LogP contribution in [0.4, 0.5) is 5.82 Å². The zero-order chi connectivity index (χ0) is 13.0. The molecule has 5 heteroatoms. The summed E-state index contributed by atoms with van der Waals surface area (Å²) in [6.45, 7) is 7.57. The lowest BCUT2D eigenvalue weighted by Gasteiger charge is -2.11. The third kappa shape index (κ3) is 2.97. The summed E-state index contributed by atoms with van der Waals surface area (Å²) >= 11 is 1.63. The fraction of sp³-hybridized carbons (Fsp3) is 0.538. The van der Waals surface area contributed by atoms with E-state index in [1.807, 2.05) is 5.38 Å². The number of ether oxygens (including phenoxy) is 1. The van der Waals surface area contributed by atoms with Gasteiger partial charge in [0.25, 0.3) is 0 Å². The predicted molar refractivity (Wildman–Crippen MR) is 76.1 cm³/mol. The van der Waals surface area contributed by atoms with Crippen molar-refractivity contribution in [2.75, 3.05) is 11.9 Å². The number of nitrogens with zero attached hydrogens (tertiary/aromatic N) is 2. The molecule has 4 nitrogen and oxygen atoms in total. The van der Waals surface area contributed by atoms with Gasteiger partial charge in [-0.1, -0.05) is 6.92 Å². The Morgan fingerprint density at radius 3 is 2.94 bits per heavy atom. The van der Waals surface area contributed by atoms with Crippen LogP contribution in [0.3, 0.4) is 0 Å². The first-order valence-electron chi connectivity index (χ1n) is 6.34. The number of nitrogens with one attached hydrogen (secondary N) is 1. The molecule has 2 rings (SSSR count). The molecule has 0 radical (unpaired) electrons. The molecule has 2 aromatic rings. The third-order valence-electron chi connectivity index (χ3n) is 2.79. The number of rotatable bonds is 6. The number of hydrogen-bond donors (Lipinski definition) is 1. The lowest BCUT2D eigenvalue weighted by molar-refractivity contribution is 0.0470. The van der Waals surface area contributed by atoms with Crippen molar-refractivity contribution >= 4 is 27.4 Å². The van der Waals surface area contributed by atoms with Gasteiger partial charge >= 0.3 is 0 Å². The Bertz CT molecular complexity index is 512. The molecule has 98 valence electrons. The monoisotopic (exact) mass is 265 g/mol. The summed E-state index contributed by atoms with van der Waals surface area (Å²) in [5.74, 6) is 1.66. The van der Waals surface area contributed by atoms with Crippen LogP contribution in [0.25, 0.3) is 10.2 Å². The van der Waals surface area contributed by atoms with Crippen molar-refractivity contribution in [3.63, 3.8) is 0 Å². The van der Waals surface area contributed by atoms with Gasteiger partial charge in [-0.15, -0.1) is 11.3 Å². The first-order chi connectivity index (χ1) is 8.74. The summed E-state index contributed by atoms with van der Waals surface area (Å²) in [5, 5.41) is 6.41. The van der Waals surface area contributed by atoms with Gasteiger partial charge in [-0.25, -0.2) is 9.97 Å². The highest BCUT2D eigenvalue weighted by atomic mass is 32.1. The van der Waals surface area contributed by atoms with Gasteiger partial charge < -0.3 is 10.1 Å². The summed E-state index contributed by atoms with van der Waals surface area (Å²) < 4.78 is 5.69. The molecule has 0 saturated heterocycles. The molecule has 0 saturated carbocycles. The first kappa shape index (κ1) is 13.2. The van der Waals surface area contributed by atoms with Gasteiger partial charge in [-0.2, -0.15) is 0 Å². The standard InChI is InChI=1S/C13H19N3OS/c1-4-9(3)17-8-11-15-12(14-5-2)10-6-7-18-13(10)16-11/h6-7,9H,4-5,8H2,1-3H3,(H,14,15,16). The van der Waals surface area contributed by atoms with Gasteiger partial charge in [-0.3, -0.25) is 0 Å². The van der Waals surface area contributed by atoms with Crippen molar-refractivity contribution in [3.05, 3.63) is 17.3 Å². The molecule has 0 spiro atoms. The highest BCUT2D eigenvalue weighted by molar-refractivity contribution is 7.16. The molecular formula is C13H19N3OS. The molecule has 1 N–H and O–H groups in total. The van der Waals surface area contributed by atoms with Crippen LogP contribution in [-0.4, -0.2) is 22.6 Å². The van der Waals surface area contributed by atoms with Crippen molar-refractivity contribution in [2.24, 2.45) is 0 Å². The second kappa shape index (κ2) is 6.11. The quantitative estimate of drug-likeness (QED) is 0.869. The van der Waals surface area contributed by atoms with E-state index in [2.05, 4.69) is 42.1 Å². The third-order valence-corrected chi connectivity index (χ3v) is 3.59. The summed E-state index contributed by atoms with van der Waals surface area (Å²) in [6.07, 6.45) is 1.25. The van der Waals surface area contributed by atoms with Gasteiger partial charge in [0.05, 0.1) is 11.5 Å². The zero-order valence-electron chi connectivity index (χ0n) is 11.1. The molecule has 1 atom stereocenters. The second-order valence-electron chi connectivity index (χ2n) is 4.19. The minimum Gasteiger partial charge on any atom is -0.371 e. The van der Waals surface area contributed by atoms with Crippen LogP contribution in [0.5, 0.6) is 0 Å². The van der Waals surface area contributed by atoms with Crippen LogP contribution in [0.15, 0.2) is 11.4 Å². The molecule has 0 aliphatic rings. The molecule has 0 bridgehead atoms. The average Bonchev–Trinajstić information content (AvgIpc) is 2.84. The minimum atomic E-state index is 0.246. The molecule has 18 heavy (non-hydrogen) atoms. The molecule has 0 aliphatic carbocycles. The predicted octanol–water partition coefficient (Wildman–Crippen LogP) is 3.44. The molecule has 1 unspecified atom stereocenters. The fourth-order valence-corrected chi connectivity index (χ4v) is 2.38. The van der Waals surface area contributed by atoms with Crippen LogP contribution in [0.1, 0.15) is 33.0 Å². The Morgan fingerprint density at radius 1 is 1.39 bits per heavy atom. The Hall–Kier alpha value is -1.20. The van der Waals surface area contributed by atoms with Crippen LogP contribution in [0.2, 0.25) is 0 Å². The lowest BCUT2D eigenvalue weighted by atomic mass is 10.3. The van der Waals surface area contributed by atoms with E-state index in [1.54, 1.807) is 11.3 Å². The van der Waals surface area contributed by atoms with Crippen LogP contribution in [0, 0.1) is 0 Å². The Morgan fingerprint density at radius 2 is 2.22 bits per heavy atom. The van der Waals surface area contributed by atoms with Crippen LogP contribution < -0.4 is 5.32 Å². The highest BCUT2D eigenvalue weighted by Crippen LogP contribution is 2.25. The molecule has 0 fully saturated rings. The molecule has 0 aromatic carbocycles. The second-order valence-corrected chi connectivity index (χ2v) is 5.08. The van der Waals surface area contributed by atoms with Crippen molar-refractivity contribution in [3.8, 4) is 0 Å². The molecule has 0 amide bonds. The fourth-order valence-electron chi connectivity index (χ4n) is 1.60. The van der Waals surface area contributed by atoms with E-state index >= 15 is 0 Å². The maximum Gasteiger partial charge on any atom is 0.158 e. The van der Waals surface area contributed by atoms with Gasteiger partial charge in [0, 0.05) is 6.54 Å². The number of fused-ring (bicyclic) bond motifs is 1. The Balaban J connectivity index is 2.22. The normalized spacial score (nSPS) is 12.8. The summed E-state index contributed by atoms with van der Waals surface area (Å²) in [5.41, 5.74) is 0. The topological polar surface area (TPSA) is 47.0 Å². The van der Waals surface area contributed by atoms with Crippen molar-refractivity contribution in [2.45, 2.75) is 39.9 Å². The maximum atomic E-state index is 5.69. The van der Waals surface area contributed by atoms with Crippen LogP contribution >= 0.6 is 11.3 Å². The minimum absolute atomic E-state index is 0.246. The zero-order valence-corrected chi connectivity index (χ0v) is 11.9. The van der Waals surface area contributed by atoms with E-state index in [-0.39, 0.29) is 6.10 Å². The Kier molecular flexibility index (Phi) is 4.49. The summed E-state index contributed by atoms with van der Waals surface area (Å²) in [7, 11) is 0. The highest BCUT2D eigenvalue weighted by Gasteiger charge is 2.09. The van der Waals surface area contributed by atoms with Gasteiger partial charge in [0.1, 0.15) is 17.3 Å². The number of aromatic nitrogens is 2. The lowest BCUT2D eigenvalue weighted by Crippen LogP contribution is -2.10. The van der Waals surface area contributed by atoms with E-state index in [1.165, 1.54) is 0 Å². The van der Waals surface area contributed by atoms with Gasteiger partial charge in [0.2, 0.25) is 0 Å². The van der Waals surface area contributed by atoms with Crippen molar-refractivity contribution < 1.29 is 4.74 Å². The molecule has 2 aromatic heterocycles. The van der Waals surface area contributed by atoms with E-state index in [9.17, 15) is 0 Å². The van der Waals surface area contributed by atoms with Crippen molar-refractivity contribution in [1.29, 1.82) is 0 Å². The van der Waals surface area contributed by atoms with Crippen molar-refractivity contribution in [1.82, 2.24) is 9.97 Å².